The number of anilines is 1. The summed E-state index contributed by atoms with van der Waals surface area (Å²) >= 11 is 0. The van der Waals surface area contributed by atoms with Crippen molar-refractivity contribution in [2.45, 2.75) is 45.1 Å². The highest BCUT2D eigenvalue weighted by atomic mass is 14.8. The molecule has 1 aliphatic carbocycles. The highest BCUT2D eigenvalue weighted by Crippen LogP contribution is 2.35. The Balaban J connectivity index is 1.91. The van der Waals surface area contributed by atoms with E-state index in [1.165, 1.54) is 31.2 Å². The van der Waals surface area contributed by atoms with Gasteiger partial charge >= 0.3 is 0 Å². The Morgan fingerprint density at radius 1 is 1.47 bits per heavy atom. The molecule has 3 heteroatoms. The molecule has 0 amide bonds. The highest BCUT2D eigenvalue weighted by Gasteiger charge is 2.27. The second kappa shape index (κ2) is 5.50. The quantitative estimate of drug-likeness (QED) is 0.839. The third kappa shape index (κ3) is 3.19. The molecule has 0 radical (unpaired) electrons. The number of rotatable bonds is 4. The summed E-state index contributed by atoms with van der Waals surface area (Å²) < 4.78 is 0. The molecule has 3 atom stereocenters. The van der Waals surface area contributed by atoms with Crippen LogP contribution in [0.1, 0.15) is 38.2 Å². The molecule has 3 nitrogen and oxygen atoms in total. The molecule has 0 spiro atoms. The van der Waals surface area contributed by atoms with Crippen molar-refractivity contribution in [2.75, 3.05) is 5.73 Å². The molecular formula is C14H23N3. The van der Waals surface area contributed by atoms with Crippen molar-refractivity contribution in [1.29, 1.82) is 0 Å². The lowest BCUT2D eigenvalue weighted by Gasteiger charge is -2.19. The Kier molecular flexibility index (Phi) is 4.00. The third-order valence-electron chi connectivity index (χ3n) is 4.08. The van der Waals surface area contributed by atoms with Crippen molar-refractivity contribution in [3.8, 4) is 0 Å². The van der Waals surface area contributed by atoms with E-state index in [-0.39, 0.29) is 6.04 Å². The summed E-state index contributed by atoms with van der Waals surface area (Å²) in [5.41, 5.74) is 13.2. The third-order valence-corrected chi connectivity index (χ3v) is 4.08. The Hall–Kier alpha value is -1.09. The van der Waals surface area contributed by atoms with Crippen molar-refractivity contribution in [3.05, 3.63) is 23.9 Å². The number of nitrogens with zero attached hydrogens (tertiary/aromatic N) is 1. The molecule has 0 bridgehead atoms. The monoisotopic (exact) mass is 233 g/mol. The van der Waals surface area contributed by atoms with E-state index in [9.17, 15) is 0 Å². The molecule has 2 rings (SSSR count). The van der Waals surface area contributed by atoms with Gasteiger partial charge in [-0.15, -0.1) is 0 Å². The van der Waals surface area contributed by atoms with Gasteiger partial charge in [-0.05, 0) is 48.8 Å². The Morgan fingerprint density at radius 2 is 2.29 bits per heavy atom. The van der Waals surface area contributed by atoms with Gasteiger partial charge in [0.05, 0.1) is 0 Å². The average molecular weight is 233 g/mol. The first-order chi connectivity index (χ1) is 8.19. The highest BCUT2D eigenvalue weighted by molar-refractivity contribution is 5.32. The van der Waals surface area contributed by atoms with E-state index >= 15 is 0 Å². The predicted molar refractivity (Wildman–Crippen MR) is 71.5 cm³/mol. The maximum absolute atomic E-state index is 6.32. The molecule has 0 saturated heterocycles. The van der Waals surface area contributed by atoms with Crippen LogP contribution in [0.4, 0.5) is 5.82 Å². The van der Waals surface area contributed by atoms with Gasteiger partial charge in [-0.2, -0.15) is 0 Å². The molecule has 1 fully saturated rings. The van der Waals surface area contributed by atoms with E-state index in [0.717, 1.165) is 12.3 Å². The average Bonchev–Trinajstić information content (AvgIpc) is 2.77. The maximum atomic E-state index is 6.32. The summed E-state index contributed by atoms with van der Waals surface area (Å²) in [5, 5.41) is 0. The SMILES string of the molecule is CCC1CCC(C(N)Cc2ccnc(N)c2)C1. The molecule has 1 saturated carbocycles. The standard InChI is InChI=1S/C14H23N3/c1-2-10-3-4-12(7-10)13(15)8-11-5-6-17-14(16)9-11/h5-6,9-10,12-13H,2-4,7-8,15H2,1H3,(H2,16,17). The van der Waals surface area contributed by atoms with E-state index in [0.29, 0.717) is 11.7 Å². The van der Waals surface area contributed by atoms with Gasteiger partial charge in [0.15, 0.2) is 0 Å². The first-order valence-electron chi connectivity index (χ1n) is 6.65. The predicted octanol–water partition coefficient (Wildman–Crippen LogP) is 2.36. The largest absolute Gasteiger partial charge is 0.384 e. The van der Waals surface area contributed by atoms with Gasteiger partial charge in [-0.1, -0.05) is 19.8 Å². The lowest BCUT2D eigenvalue weighted by Crippen LogP contribution is -2.31. The van der Waals surface area contributed by atoms with Crippen LogP contribution in [0, 0.1) is 11.8 Å². The van der Waals surface area contributed by atoms with E-state index in [1.807, 2.05) is 12.1 Å². The van der Waals surface area contributed by atoms with Gasteiger partial charge in [0.2, 0.25) is 0 Å². The molecule has 94 valence electrons. The first kappa shape index (κ1) is 12.4. The summed E-state index contributed by atoms with van der Waals surface area (Å²) in [6.45, 7) is 2.28. The van der Waals surface area contributed by atoms with E-state index in [2.05, 4.69) is 11.9 Å². The zero-order valence-electron chi connectivity index (χ0n) is 10.6. The minimum atomic E-state index is 0.272. The fraction of sp³-hybridized carbons (Fsp3) is 0.643. The molecule has 1 aromatic heterocycles. The molecule has 3 unspecified atom stereocenters. The number of nitrogens with two attached hydrogens (primary N) is 2. The molecular weight excluding hydrogens is 210 g/mol. The van der Waals surface area contributed by atoms with Crippen LogP contribution in [-0.4, -0.2) is 11.0 Å². The summed E-state index contributed by atoms with van der Waals surface area (Å²) in [6, 6.07) is 4.22. The van der Waals surface area contributed by atoms with Crippen molar-refractivity contribution >= 4 is 5.82 Å². The van der Waals surface area contributed by atoms with E-state index in [1.54, 1.807) is 6.20 Å². The molecule has 0 aromatic carbocycles. The van der Waals surface area contributed by atoms with Crippen LogP contribution >= 0.6 is 0 Å². The van der Waals surface area contributed by atoms with Gasteiger partial charge in [0.25, 0.3) is 0 Å². The van der Waals surface area contributed by atoms with E-state index < -0.39 is 0 Å². The molecule has 1 aromatic rings. The zero-order chi connectivity index (χ0) is 12.3. The van der Waals surface area contributed by atoms with Gasteiger partial charge in [-0.3, -0.25) is 0 Å². The molecule has 1 heterocycles. The first-order valence-corrected chi connectivity index (χ1v) is 6.65. The lowest BCUT2D eigenvalue weighted by molar-refractivity contribution is 0.405. The van der Waals surface area contributed by atoms with E-state index in [4.69, 9.17) is 11.5 Å². The van der Waals surface area contributed by atoms with Crippen LogP contribution < -0.4 is 11.5 Å². The van der Waals surface area contributed by atoms with Crippen LogP contribution in [0.3, 0.4) is 0 Å². The van der Waals surface area contributed by atoms with Crippen molar-refractivity contribution in [3.63, 3.8) is 0 Å². The molecule has 0 aliphatic heterocycles. The Labute approximate surface area is 104 Å². The van der Waals surface area contributed by atoms with Crippen molar-refractivity contribution < 1.29 is 0 Å². The maximum Gasteiger partial charge on any atom is 0.123 e. The van der Waals surface area contributed by atoms with Gasteiger partial charge in [0, 0.05) is 12.2 Å². The fourth-order valence-electron chi connectivity index (χ4n) is 2.93. The topological polar surface area (TPSA) is 64.9 Å². The smallest absolute Gasteiger partial charge is 0.123 e. The molecule has 17 heavy (non-hydrogen) atoms. The fourth-order valence-corrected chi connectivity index (χ4v) is 2.93. The van der Waals surface area contributed by atoms with Crippen LogP contribution in [0.25, 0.3) is 0 Å². The summed E-state index contributed by atoms with van der Waals surface area (Å²) in [4.78, 5) is 4.01. The normalized spacial score (nSPS) is 26.0. The Bertz CT molecular complexity index is 364. The van der Waals surface area contributed by atoms with Crippen molar-refractivity contribution in [1.82, 2.24) is 4.98 Å². The van der Waals surface area contributed by atoms with Gasteiger partial charge in [-0.25, -0.2) is 4.98 Å². The van der Waals surface area contributed by atoms with Gasteiger partial charge < -0.3 is 11.5 Å². The number of hydrogen-bond acceptors (Lipinski definition) is 3. The number of nitrogen functional groups attached to an aromatic ring is 1. The van der Waals surface area contributed by atoms with Crippen LogP contribution in [0.15, 0.2) is 18.3 Å². The number of hydrogen-bond donors (Lipinski definition) is 2. The summed E-state index contributed by atoms with van der Waals surface area (Å²) in [7, 11) is 0. The second-order valence-corrected chi connectivity index (χ2v) is 5.30. The lowest BCUT2D eigenvalue weighted by atomic mass is 9.92. The Morgan fingerprint density at radius 3 is 2.94 bits per heavy atom. The molecule has 4 N–H and O–H groups in total. The number of aromatic nitrogens is 1. The van der Waals surface area contributed by atoms with Crippen molar-refractivity contribution in [2.24, 2.45) is 17.6 Å². The summed E-state index contributed by atoms with van der Waals surface area (Å²) in [5.74, 6) is 2.18. The van der Waals surface area contributed by atoms with Crippen LogP contribution in [0.5, 0.6) is 0 Å². The minimum Gasteiger partial charge on any atom is -0.384 e. The van der Waals surface area contributed by atoms with Crippen LogP contribution in [-0.2, 0) is 6.42 Å². The van der Waals surface area contributed by atoms with Crippen LogP contribution in [0.2, 0.25) is 0 Å². The van der Waals surface area contributed by atoms with Gasteiger partial charge in [0.1, 0.15) is 5.82 Å². The summed E-state index contributed by atoms with van der Waals surface area (Å²) in [6.07, 6.45) is 7.94. The molecule has 1 aliphatic rings. The zero-order valence-corrected chi connectivity index (χ0v) is 10.6. The number of pyridine rings is 1. The second-order valence-electron chi connectivity index (χ2n) is 5.30. The minimum absolute atomic E-state index is 0.272.